The second kappa shape index (κ2) is 9.58. The lowest BCUT2D eigenvalue weighted by molar-refractivity contribution is -0.126. The number of methoxy groups -OCH3 is 2. The molecule has 27 heavy (non-hydrogen) atoms. The van der Waals surface area contributed by atoms with Crippen LogP contribution >= 0.6 is 15.9 Å². The van der Waals surface area contributed by atoms with Gasteiger partial charge in [0.25, 0.3) is 0 Å². The lowest BCUT2D eigenvalue weighted by Gasteiger charge is -2.07. The van der Waals surface area contributed by atoms with Gasteiger partial charge in [-0.15, -0.1) is 0 Å². The second-order valence-electron chi connectivity index (χ2n) is 5.30. The summed E-state index contributed by atoms with van der Waals surface area (Å²) in [4.78, 5) is 23.7. The Bertz CT molecular complexity index is 870. The summed E-state index contributed by atoms with van der Waals surface area (Å²) < 4.78 is 10.5. The molecule has 142 valence electrons. The summed E-state index contributed by atoms with van der Waals surface area (Å²) in [7, 11) is 2.94. The summed E-state index contributed by atoms with van der Waals surface area (Å²) >= 11 is 3.19. The van der Waals surface area contributed by atoms with Gasteiger partial charge in [-0.25, -0.2) is 5.43 Å². The minimum atomic E-state index is -0.573. The van der Waals surface area contributed by atoms with Crippen LogP contribution in [0, 0.1) is 0 Å². The molecular weight excluding hydrogens is 418 g/mol. The topological polar surface area (TPSA) is 109 Å². The standard InChI is InChI=1S/C18H18BrN3O5/c1-26-13-5-3-4-12(8-13)21-16(23)9-17(24)22-20-10-11-6-14(19)18(25)15(7-11)27-2/h3-8,10,25H,9H2,1-2H3,(H,21,23)(H,22,24)/b20-10+. The molecule has 2 amide bonds. The van der Waals surface area contributed by atoms with Crippen molar-refractivity contribution in [2.45, 2.75) is 6.42 Å². The number of hydrogen-bond donors (Lipinski definition) is 3. The number of hydrogen-bond acceptors (Lipinski definition) is 6. The van der Waals surface area contributed by atoms with Gasteiger partial charge in [-0.2, -0.15) is 5.10 Å². The first-order valence-electron chi connectivity index (χ1n) is 7.75. The lowest BCUT2D eigenvalue weighted by atomic mass is 10.2. The SMILES string of the molecule is COc1cccc(NC(=O)CC(=O)N/N=C/c2cc(Br)c(O)c(OC)c2)c1. The number of nitrogens with one attached hydrogen (secondary N) is 2. The number of carbonyl (C=O) groups excluding carboxylic acids is 2. The number of phenols is 1. The van der Waals surface area contributed by atoms with Crippen molar-refractivity contribution in [1.82, 2.24) is 5.43 Å². The predicted molar refractivity (Wildman–Crippen MR) is 104 cm³/mol. The Labute approximate surface area is 164 Å². The van der Waals surface area contributed by atoms with E-state index in [1.165, 1.54) is 20.4 Å². The number of ether oxygens (including phenoxy) is 2. The minimum absolute atomic E-state index is 0.0344. The van der Waals surface area contributed by atoms with Gasteiger partial charge in [0.15, 0.2) is 11.5 Å². The Hall–Kier alpha value is -3.07. The molecule has 0 aliphatic heterocycles. The Kier molecular flexibility index (Phi) is 7.18. The minimum Gasteiger partial charge on any atom is -0.503 e. The number of hydrazone groups is 1. The van der Waals surface area contributed by atoms with Crippen molar-refractivity contribution >= 4 is 39.6 Å². The van der Waals surface area contributed by atoms with E-state index in [-0.39, 0.29) is 11.5 Å². The largest absolute Gasteiger partial charge is 0.503 e. The fourth-order valence-electron chi connectivity index (χ4n) is 2.09. The molecule has 0 aliphatic rings. The van der Waals surface area contributed by atoms with Crippen molar-refractivity contribution in [2.24, 2.45) is 5.10 Å². The van der Waals surface area contributed by atoms with E-state index < -0.39 is 18.2 Å². The first kappa shape index (κ1) is 20.2. The molecule has 2 aromatic carbocycles. The third-order valence-electron chi connectivity index (χ3n) is 3.35. The fraction of sp³-hybridized carbons (Fsp3) is 0.167. The smallest absolute Gasteiger partial charge is 0.249 e. The second-order valence-corrected chi connectivity index (χ2v) is 6.16. The lowest BCUT2D eigenvalue weighted by Crippen LogP contribution is -2.24. The maximum atomic E-state index is 11.9. The zero-order valence-corrected chi connectivity index (χ0v) is 16.2. The van der Waals surface area contributed by atoms with Crippen LogP contribution in [0.5, 0.6) is 17.2 Å². The molecular formula is C18H18BrN3O5. The van der Waals surface area contributed by atoms with E-state index in [9.17, 15) is 14.7 Å². The van der Waals surface area contributed by atoms with Crippen molar-refractivity contribution in [3.63, 3.8) is 0 Å². The summed E-state index contributed by atoms with van der Waals surface area (Å²) in [5.41, 5.74) is 3.37. The van der Waals surface area contributed by atoms with Crippen LogP contribution < -0.4 is 20.2 Å². The van der Waals surface area contributed by atoms with Gasteiger partial charge in [0.05, 0.1) is 24.9 Å². The van der Waals surface area contributed by atoms with Crippen LogP contribution in [0.2, 0.25) is 0 Å². The van der Waals surface area contributed by atoms with Gasteiger partial charge in [-0.05, 0) is 45.8 Å². The number of nitrogens with zero attached hydrogens (tertiary/aromatic N) is 1. The highest BCUT2D eigenvalue weighted by molar-refractivity contribution is 9.10. The highest BCUT2D eigenvalue weighted by atomic mass is 79.9. The van der Waals surface area contributed by atoms with E-state index in [0.29, 0.717) is 21.5 Å². The average molecular weight is 436 g/mol. The summed E-state index contributed by atoms with van der Waals surface area (Å²) in [6.45, 7) is 0. The first-order valence-corrected chi connectivity index (χ1v) is 8.54. The molecule has 0 saturated heterocycles. The summed E-state index contributed by atoms with van der Waals surface area (Å²) in [6, 6.07) is 9.95. The van der Waals surface area contributed by atoms with Crippen LogP contribution in [-0.2, 0) is 9.59 Å². The number of aromatic hydroxyl groups is 1. The van der Waals surface area contributed by atoms with E-state index >= 15 is 0 Å². The first-order chi connectivity index (χ1) is 12.9. The maximum absolute atomic E-state index is 11.9. The highest BCUT2D eigenvalue weighted by Gasteiger charge is 2.10. The van der Waals surface area contributed by atoms with Crippen LogP contribution in [0.4, 0.5) is 5.69 Å². The van der Waals surface area contributed by atoms with Crippen LogP contribution in [-0.4, -0.2) is 37.4 Å². The summed E-state index contributed by atoms with van der Waals surface area (Å²) in [6.07, 6.45) is 0.974. The van der Waals surface area contributed by atoms with Gasteiger partial charge in [-0.3, -0.25) is 9.59 Å². The number of amides is 2. The number of benzene rings is 2. The number of halogens is 1. The Balaban J connectivity index is 1.89. The molecule has 0 aromatic heterocycles. The molecule has 0 atom stereocenters. The molecule has 0 heterocycles. The van der Waals surface area contributed by atoms with E-state index in [0.717, 1.165) is 0 Å². The molecule has 2 rings (SSSR count). The molecule has 0 spiro atoms. The molecule has 0 unspecified atom stereocenters. The van der Waals surface area contributed by atoms with Gasteiger partial charge in [0, 0.05) is 11.8 Å². The summed E-state index contributed by atoms with van der Waals surface area (Å²) in [5, 5.41) is 16.1. The van der Waals surface area contributed by atoms with Gasteiger partial charge < -0.3 is 19.9 Å². The predicted octanol–water partition coefficient (Wildman–Crippen LogP) is 2.65. The van der Waals surface area contributed by atoms with E-state index in [2.05, 4.69) is 31.8 Å². The normalized spacial score (nSPS) is 10.5. The molecule has 3 N–H and O–H groups in total. The van der Waals surface area contributed by atoms with Crippen LogP contribution in [0.3, 0.4) is 0 Å². The van der Waals surface area contributed by atoms with Crippen molar-refractivity contribution in [1.29, 1.82) is 0 Å². The fourth-order valence-corrected chi connectivity index (χ4v) is 2.55. The molecule has 0 saturated carbocycles. The van der Waals surface area contributed by atoms with Gasteiger partial charge in [-0.1, -0.05) is 6.07 Å². The molecule has 2 aromatic rings. The van der Waals surface area contributed by atoms with Crippen molar-refractivity contribution in [2.75, 3.05) is 19.5 Å². The number of anilines is 1. The summed E-state index contributed by atoms with van der Waals surface area (Å²) in [5.74, 6) is -0.235. The van der Waals surface area contributed by atoms with Gasteiger partial charge in [0.1, 0.15) is 12.2 Å². The quantitative estimate of drug-likeness (QED) is 0.351. The third-order valence-corrected chi connectivity index (χ3v) is 3.95. The van der Waals surface area contributed by atoms with Gasteiger partial charge in [0.2, 0.25) is 11.8 Å². The molecule has 0 aliphatic carbocycles. The molecule has 8 nitrogen and oxygen atoms in total. The average Bonchev–Trinajstić information content (AvgIpc) is 2.64. The zero-order chi connectivity index (χ0) is 19.8. The number of phenolic OH excluding ortho intramolecular Hbond substituents is 1. The number of carbonyl (C=O) groups is 2. The molecule has 0 bridgehead atoms. The Morgan fingerprint density at radius 2 is 1.96 bits per heavy atom. The molecule has 9 heteroatoms. The van der Waals surface area contributed by atoms with Crippen LogP contribution in [0.25, 0.3) is 0 Å². The van der Waals surface area contributed by atoms with Crippen molar-refractivity contribution in [3.8, 4) is 17.2 Å². The Morgan fingerprint density at radius 3 is 2.67 bits per heavy atom. The van der Waals surface area contributed by atoms with E-state index in [4.69, 9.17) is 9.47 Å². The van der Waals surface area contributed by atoms with Crippen LogP contribution in [0.1, 0.15) is 12.0 Å². The van der Waals surface area contributed by atoms with Crippen LogP contribution in [0.15, 0.2) is 46.0 Å². The highest BCUT2D eigenvalue weighted by Crippen LogP contribution is 2.34. The van der Waals surface area contributed by atoms with E-state index in [1.54, 1.807) is 36.4 Å². The zero-order valence-electron chi connectivity index (χ0n) is 14.7. The number of rotatable bonds is 7. The van der Waals surface area contributed by atoms with Crippen molar-refractivity contribution in [3.05, 3.63) is 46.4 Å². The third kappa shape index (κ3) is 6.00. The maximum Gasteiger partial charge on any atom is 0.249 e. The monoisotopic (exact) mass is 435 g/mol. The molecule has 0 fully saturated rings. The Morgan fingerprint density at radius 1 is 1.19 bits per heavy atom. The van der Waals surface area contributed by atoms with Crippen molar-refractivity contribution < 1.29 is 24.2 Å². The van der Waals surface area contributed by atoms with E-state index in [1.807, 2.05) is 0 Å². The molecule has 0 radical (unpaired) electrons. The van der Waals surface area contributed by atoms with Gasteiger partial charge >= 0.3 is 0 Å².